The summed E-state index contributed by atoms with van der Waals surface area (Å²) in [7, 11) is 1.48. The molecule has 27 heavy (non-hydrogen) atoms. The van der Waals surface area contributed by atoms with Crippen LogP contribution in [0.3, 0.4) is 0 Å². The summed E-state index contributed by atoms with van der Waals surface area (Å²) in [5.41, 5.74) is -2.32. The third-order valence-corrected chi connectivity index (χ3v) is 4.83. The van der Waals surface area contributed by atoms with Crippen molar-refractivity contribution in [1.82, 2.24) is 0 Å². The van der Waals surface area contributed by atoms with Crippen molar-refractivity contribution < 1.29 is 24.5 Å². The first-order valence-corrected chi connectivity index (χ1v) is 8.38. The number of nitrogens with zero attached hydrogens (tertiary/aromatic N) is 1. The minimum Gasteiger partial charge on any atom is -0.497 e. The van der Waals surface area contributed by atoms with Gasteiger partial charge in [0.15, 0.2) is 0 Å². The predicted octanol–water partition coefficient (Wildman–Crippen LogP) is 2.41. The average molecular weight is 406 g/mol. The maximum atomic E-state index is 12.4. The lowest BCUT2D eigenvalue weighted by Gasteiger charge is -2.26. The Hall–Kier alpha value is -2.83. The smallest absolute Gasteiger partial charge is 0.341 e. The molecule has 1 unspecified atom stereocenters. The SMILES string of the molecule is C=C(C(=O)O)C1=c2c(Cl)cc(Cl)cc2=NC1(C(=O)O)c1ccc(OC)cc1. The van der Waals surface area contributed by atoms with Crippen molar-refractivity contribution in [1.29, 1.82) is 0 Å². The fraction of sp³-hybridized carbons (Fsp3) is 0.105. The molecule has 2 aromatic carbocycles. The highest BCUT2D eigenvalue weighted by Crippen LogP contribution is 2.41. The lowest BCUT2D eigenvalue weighted by Crippen LogP contribution is -2.37. The van der Waals surface area contributed by atoms with Crippen molar-refractivity contribution in [3.63, 3.8) is 0 Å². The van der Waals surface area contributed by atoms with Crippen LogP contribution in [0.5, 0.6) is 5.75 Å². The molecule has 8 heteroatoms. The Bertz CT molecular complexity index is 1110. The van der Waals surface area contributed by atoms with Crippen molar-refractivity contribution in [2.75, 3.05) is 7.11 Å². The van der Waals surface area contributed by atoms with Crippen LogP contribution in [0.4, 0.5) is 0 Å². The summed E-state index contributed by atoms with van der Waals surface area (Å²) in [6.07, 6.45) is 0. The molecule has 0 radical (unpaired) electrons. The van der Waals surface area contributed by atoms with E-state index >= 15 is 0 Å². The number of carbonyl (C=O) groups is 2. The topological polar surface area (TPSA) is 96.2 Å². The molecular weight excluding hydrogens is 393 g/mol. The largest absolute Gasteiger partial charge is 0.497 e. The lowest BCUT2D eigenvalue weighted by molar-refractivity contribution is -0.141. The van der Waals surface area contributed by atoms with E-state index in [0.29, 0.717) is 5.75 Å². The molecule has 1 atom stereocenters. The maximum Gasteiger partial charge on any atom is 0.341 e. The van der Waals surface area contributed by atoms with Crippen molar-refractivity contribution in [2.24, 2.45) is 4.99 Å². The average Bonchev–Trinajstić information content (AvgIpc) is 2.97. The molecule has 3 rings (SSSR count). The van der Waals surface area contributed by atoms with E-state index in [0.717, 1.165) is 0 Å². The molecule has 6 nitrogen and oxygen atoms in total. The van der Waals surface area contributed by atoms with E-state index in [1.54, 1.807) is 12.1 Å². The Kier molecular flexibility index (Phi) is 4.71. The zero-order valence-corrected chi connectivity index (χ0v) is 15.5. The predicted molar refractivity (Wildman–Crippen MR) is 99.7 cm³/mol. The number of benzene rings is 2. The molecule has 0 bridgehead atoms. The van der Waals surface area contributed by atoms with Gasteiger partial charge in [-0.05, 0) is 29.8 Å². The maximum absolute atomic E-state index is 12.4. The van der Waals surface area contributed by atoms with Crippen molar-refractivity contribution in [2.45, 2.75) is 5.54 Å². The van der Waals surface area contributed by atoms with Crippen LogP contribution >= 0.6 is 23.2 Å². The van der Waals surface area contributed by atoms with Crippen molar-refractivity contribution >= 4 is 40.7 Å². The van der Waals surface area contributed by atoms with E-state index < -0.39 is 23.1 Å². The summed E-state index contributed by atoms with van der Waals surface area (Å²) in [5, 5.41) is 20.3. The fourth-order valence-corrected chi connectivity index (χ4v) is 3.69. The second kappa shape index (κ2) is 6.72. The standard InChI is InChI=1S/C19H13Cl2NO5/c1-9(17(23)24)16-15-13(21)7-11(20)8-14(15)22-19(16,18(25)26)10-3-5-12(27-2)6-4-10/h3-8H,1H2,2H3,(H,23,24)(H,25,26). The first-order chi connectivity index (χ1) is 12.7. The molecule has 1 heterocycles. The van der Waals surface area contributed by atoms with Crippen LogP contribution in [-0.2, 0) is 15.1 Å². The van der Waals surface area contributed by atoms with Crippen LogP contribution in [0, 0.1) is 0 Å². The van der Waals surface area contributed by atoms with Gasteiger partial charge in [-0.1, -0.05) is 41.9 Å². The van der Waals surface area contributed by atoms with E-state index in [9.17, 15) is 19.8 Å². The molecule has 0 spiro atoms. The van der Waals surface area contributed by atoms with E-state index in [1.165, 1.54) is 31.4 Å². The van der Waals surface area contributed by atoms with Crippen LogP contribution in [0.2, 0.25) is 10.0 Å². The molecule has 0 fully saturated rings. The fourth-order valence-electron chi connectivity index (χ4n) is 3.11. The van der Waals surface area contributed by atoms with Gasteiger partial charge in [-0.15, -0.1) is 0 Å². The number of ether oxygens (including phenoxy) is 1. The monoisotopic (exact) mass is 405 g/mol. The van der Waals surface area contributed by atoms with Gasteiger partial charge < -0.3 is 14.9 Å². The second-order valence-corrected chi connectivity index (χ2v) is 6.64. The molecule has 0 aromatic heterocycles. The molecule has 0 aliphatic carbocycles. The Balaban J connectivity index is 2.48. The number of methoxy groups -OCH3 is 1. The first-order valence-electron chi connectivity index (χ1n) is 7.62. The summed E-state index contributed by atoms with van der Waals surface area (Å²) in [5.74, 6) is -2.24. The van der Waals surface area contributed by atoms with Gasteiger partial charge in [0.1, 0.15) is 5.75 Å². The molecule has 1 aliphatic heterocycles. The second-order valence-electron chi connectivity index (χ2n) is 5.80. The summed E-state index contributed by atoms with van der Waals surface area (Å²) in [6, 6.07) is 8.98. The Morgan fingerprint density at radius 3 is 2.30 bits per heavy atom. The molecule has 0 amide bonds. The van der Waals surface area contributed by atoms with E-state index in [1.807, 2.05) is 0 Å². The van der Waals surface area contributed by atoms with Crippen LogP contribution < -0.4 is 15.3 Å². The number of rotatable bonds is 5. The van der Waals surface area contributed by atoms with Crippen molar-refractivity contribution in [3.05, 3.63) is 74.7 Å². The molecule has 0 saturated heterocycles. The van der Waals surface area contributed by atoms with Crippen LogP contribution in [0.1, 0.15) is 5.56 Å². The van der Waals surface area contributed by atoms with Gasteiger partial charge >= 0.3 is 11.9 Å². The Morgan fingerprint density at radius 2 is 1.78 bits per heavy atom. The Morgan fingerprint density at radius 1 is 1.15 bits per heavy atom. The summed E-state index contributed by atoms with van der Waals surface area (Å²) < 4.78 is 5.10. The lowest BCUT2D eigenvalue weighted by atomic mass is 9.80. The quantitative estimate of drug-likeness (QED) is 0.744. The van der Waals surface area contributed by atoms with Crippen LogP contribution in [-0.4, -0.2) is 29.3 Å². The van der Waals surface area contributed by atoms with Gasteiger partial charge in [0, 0.05) is 15.8 Å². The number of carboxylic acid groups (broad SMARTS) is 2. The summed E-state index contributed by atoms with van der Waals surface area (Å²) >= 11 is 12.3. The molecule has 2 aromatic rings. The van der Waals surface area contributed by atoms with Gasteiger partial charge in [0.05, 0.1) is 23.1 Å². The number of carboxylic acids is 2. The highest BCUT2D eigenvalue weighted by molar-refractivity contribution is 6.35. The normalized spacial score (nSPS) is 17.8. The zero-order chi connectivity index (χ0) is 19.9. The molecule has 0 saturated carbocycles. The van der Waals surface area contributed by atoms with Gasteiger partial charge in [0.2, 0.25) is 5.54 Å². The molecule has 1 aliphatic rings. The number of fused-ring (bicyclic) bond motifs is 1. The first kappa shape index (κ1) is 18.9. The molecule has 2 N–H and O–H groups in total. The van der Waals surface area contributed by atoms with Gasteiger partial charge in [0.25, 0.3) is 0 Å². The summed E-state index contributed by atoms with van der Waals surface area (Å²) in [6.45, 7) is 3.56. The van der Waals surface area contributed by atoms with Crippen molar-refractivity contribution in [3.8, 4) is 5.75 Å². The minimum absolute atomic E-state index is 0.0929. The van der Waals surface area contributed by atoms with Gasteiger partial charge in [-0.25, -0.2) is 9.59 Å². The number of hydrogen-bond acceptors (Lipinski definition) is 4. The number of aliphatic carboxylic acids is 2. The van der Waals surface area contributed by atoms with Gasteiger partial charge in [-0.2, -0.15) is 0 Å². The molecule has 138 valence electrons. The highest BCUT2D eigenvalue weighted by Gasteiger charge is 2.49. The summed E-state index contributed by atoms with van der Waals surface area (Å²) in [4.78, 5) is 28.4. The zero-order valence-electron chi connectivity index (χ0n) is 14.0. The highest BCUT2D eigenvalue weighted by atomic mass is 35.5. The minimum atomic E-state index is -2.03. The number of hydrogen-bond donors (Lipinski definition) is 2. The number of halogens is 2. The third kappa shape index (κ3) is 2.87. The van der Waals surface area contributed by atoms with Gasteiger partial charge in [-0.3, -0.25) is 4.99 Å². The van der Waals surface area contributed by atoms with Crippen LogP contribution in [0.15, 0.2) is 53.5 Å². The van der Waals surface area contributed by atoms with E-state index in [2.05, 4.69) is 11.6 Å². The molecular formula is C19H13Cl2NO5. The third-order valence-electron chi connectivity index (χ3n) is 4.31. The van der Waals surface area contributed by atoms with E-state index in [4.69, 9.17) is 27.9 Å². The van der Waals surface area contributed by atoms with Crippen LogP contribution in [0.25, 0.3) is 5.57 Å². The Labute approximate surface area is 163 Å². The van der Waals surface area contributed by atoms with E-state index in [-0.39, 0.29) is 31.8 Å².